The monoisotopic (exact) mass is 361 g/mol. The standard InChI is InChI=1S/C13H7BrF3NO3/c14-9-3-2-8(13(15,16)17)5-10(9)18-12(20)7-1-4-11(19)21-6-7/h1-6H,(H,18,20). The Morgan fingerprint density at radius 1 is 1.19 bits per heavy atom. The Morgan fingerprint density at radius 3 is 2.48 bits per heavy atom. The zero-order valence-corrected chi connectivity index (χ0v) is 11.8. The zero-order valence-electron chi connectivity index (χ0n) is 10.2. The average molecular weight is 362 g/mol. The lowest BCUT2D eigenvalue weighted by Gasteiger charge is -2.11. The maximum atomic E-state index is 12.6. The Bertz CT molecular complexity index is 720. The van der Waals surface area contributed by atoms with Gasteiger partial charge in [-0.1, -0.05) is 0 Å². The van der Waals surface area contributed by atoms with Crippen LogP contribution in [0.1, 0.15) is 15.9 Å². The van der Waals surface area contributed by atoms with Crippen LogP contribution in [0.4, 0.5) is 18.9 Å². The van der Waals surface area contributed by atoms with Gasteiger partial charge in [0.2, 0.25) is 0 Å². The van der Waals surface area contributed by atoms with Gasteiger partial charge in [0.25, 0.3) is 5.91 Å². The van der Waals surface area contributed by atoms with E-state index >= 15 is 0 Å². The second-order valence-electron chi connectivity index (χ2n) is 3.99. The number of hydrogen-bond donors (Lipinski definition) is 1. The van der Waals surface area contributed by atoms with E-state index in [1.807, 2.05) is 0 Å². The average Bonchev–Trinajstić information content (AvgIpc) is 2.40. The minimum absolute atomic E-state index is 0.0129. The summed E-state index contributed by atoms with van der Waals surface area (Å²) in [5.41, 5.74) is -1.55. The molecule has 4 nitrogen and oxygen atoms in total. The van der Waals surface area contributed by atoms with E-state index in [1.165, 1.54) is 12.1 Å². The first-order valence-electron chi connectivity index (χ1n) is 5.54. The number of anilines is 1. The summed E-state index contributed by atoms with van der Waals surface area (Å²) in [6.07, 6.45) is -3.58. The van der Waals surface area contributed by atoms with E-state index in [-0.39, 0.29) is 11.3 Å². The van der Waals surface area contributed by atoms with Gasteiger partial charge in [-0.25, -0.2) is 4.79 Å². The summed E-state index contributed by atoms with van der Waals surface area (Å²) in [5, 5.41) is 2.31. The second kappa shape index (κ2) is 5.72. The fourth-order valence-corrected chi connectivity index (χ4v) is 1.82. The van der Waals surface area contributed by atoms with Crippen LogP contribution in [-0.4, -0.2) is 5.91 Å². The molecule has 2 aromatic rings. The van der Waals surface area contributed by atoms with Gasteiger partial charge < -0.3 is 9.73 Å². The van der Waals surface area contributed by atoms with Gasteiger partial charge in [-0.3, -0.25) is 4.79 Å². The predicted molar refractivity (Wildman–Crippen MR) is 72.1 cm³/mol. The number of alkyl halides is 3. The van der Waals surface area contributed by atoms with Crippen molar-refractivity contribution in [2.75, 3.05) is 5.32 Å². The van der Waals surface area contributed by atoms with E-state index in [2.05, 4.69) is 25.7 Å². The Kier molecular flexibility index (Phi) is 4.17. The molecule has 1 aromatic heterocycles. The number of amides is 1. The molecule has 110 valence electrons. The van der Waals surface area contributed by atoms with Gasteiger partial charge in [-0.05, 0) is 40.2 Å². The van der Waals surface area contributed by atoms with Gasteiger partial charge in [0, 0.05) is 10.5 Å². The van der Waals surface area contributed by atoms with Gasteiger partial charge in [-0.15, -0.1) is 0 Å². The molecule has 21 heavy (non-hydrogen) atoms. The molecule has 0 saturated carbocycles. The van der Waals surface area contributed by atoms with E-state index in [0.717, 1.165) is 24.5 Å². The summed E-state index contributed by atoms with van der Waals surface area (Å²) in [4.78, 5) is 22.6. The van der Waals surface area contributed by atoms with Gasteiger partial charge in [0.1, 0.15) is 6.26 Å². The molecule has 1 N–H and O–H groups in total. The number of carbonyl (C=O) groups excluding carboxylic acids is 1. The summed E-state index contributed by atoms with van der Waals surface area (Å²) in [7, 11) is 0. The topological polar surface area (TPSA) is 59.3 Å². The van der Waals surface area contributed by atoms with Gasteiger partial charge in [0.05, 0.1) is 16.8 Å². The largest absolute Gasteiger partial charge is 0.430 e. The molecule has 0 unspecified atom stereocenters. The Morgan fingerprint density at radius 2 is 1.90 bits per heavy atom. The highest BCUT2D eigenvalue weighted by Crippen LogP contribution is 2.34. The fourth-order valence-electron chi connectivity index (χ4n) is 1.48. The molecule has 1 amide bonds. The van der Waals surface area contributed by atoms with Crippen molar-refractivity contribution < 1.29 is 22.4 Å². The number of hydrogen-bond acceptors (Lipinski definition) is 3. The third kappa shape index (κ3) is 3.72. The van der Waals surface area contributed by atoms with Crippen LogP contribution in [0.25, 0.3) is 0 Å². The maximum Gasteiger partial charge on any atom is 0.416 e. The molecule has 0 aliphatic rings. The normalized spacial score (nSPS) is 11.2. The van der Waals surface area contributed by atoms with Crippen LogP contribution in [0, 0.1) is 0 Å². The smallest absolute Gasteiger partial charge is 0.416 e. The molecule has 8 heteroatoms. The number of benzene rings is 1. The molecular formula is C13H7BrF3NO3. The quantitative estimate of drug-likeness (QED) is 0.887. The van der Waals surface area contributed by atoms with E-state index in [4.69, 9.17) is 0 Å². The van der Waals surface area contributed by atoms with Crippen molar-refractivity contribution in [3.63, 3.8) is 0 Å². The van der Waals surface area contributed by atoms with Crippen LogP contribution in [0.3, 0.4) is 0 Å². The molecule has 0 atom stereocenters. The molecule has 1 heterocycles. The molecular weight excluding hydrogens is 355 g/mol. The van der Waals surface area contributed by atoms with E-state index in [0.29, 0.717) is 4.47 Å². The first-order valence-corrected chi connectivity index (χ1v) is 6.33. The van der Waals surface area contributed by atoms with Crippen LogP contribution >= 0.6 is 15.9 Å². The lowest BCUT2D eigenvalue weighted by molar-refractivity contribution is -0.137. The number of nitrogens with one attached hydrogen (secondary N) is 1. The number of halogens is 4. The van der Waals surface area contributed by atoms with Crippen molar-refractivity contribution in [1.29, 1.82) is 0 Å². The molecule has 0 saturated heterocycles. The lowest BCUT2D eigenvalue weighted by Crippen LogP contribution is -2.14. The number of rotatable bonds is 2. The van der Waals surface area contributed by atoms with Gasteiger partial charge >= 0.3 is 11.8 Å². The summed E-state index contributed by atoms with van der Waals surface area (Å²) in [6, 6.07) is 5.13. The summed E-state index contributed by atoms with van der Waals surface area (Å²) >= 11 is 3.05. The first kappa shape index (κ1) is 15.3. The number of carbonyl (C=O) groups is 1. The molecule has 0 aliphatic carbocycles. The maximum absolute atomic E-state index is 12.6. The molecule has 2 rings (SSSR count). The minimum atomic E-state index is -4.51. The molecule has 0 fully saturated rings. The van der Waals surface area contributed by atoms with Crippen LogP contribution in [0.5, 0.6) is 0 Å². The summed E-state index contributed by atoms with van der Waals surface area (Å²) < 4.78 is 42.7. The van der Waals surface area contributed by atoms with Crippen molar-refractivity contribution >= 4 is 27.5 Å². The van der Waals surface area contributed by atoms with Crippen molar-refractivity contribution in [1.82, 2.24) is 0 Å². The summed E-state index contributed by atoms with van der Waals surface area (Å²) in [5.74, 6) is -0.696. The van der Waals surface area contributed by atoms with Crippen molar-refractivity contribution in [3.8, 4) is 0 Å². The highest BCUT2D eigenvalue weighted by molar-refractivity contribution is 9.10. The van der Waals surface area contributed by atoms with Gasteiger partial charge in [-0.2, -0.15) is 13.2 Å². The van der Waals surface area contributed by atoms with Crippen LogP contribution in [0.2, 0.25) is 0 Å². The van der Waals surface area contributed by atoms with E-state index in [9.17, 15) is 22.8 Å². The highest BCUT2D eigenvalue weighted by Gasteiger charge is 2.31. The van der Waals surface area contributed by atoms with Gasteiger partial charge in [0.15, 0.2) is 0 Å². The highest BCUT2D eigenvalue weighted by atomic mass is 79.9. The van der Waals surface area contributed by atoms with Crippen molar-refractivity contribution in [3.05, 3.63) is 62.6 Å². The van der Waals surface area contributed by atoms with Crippen LogP contribution in [0.15, 0.2) is 50.3 Å². The first-order chi connectivity index (χ1) is 9.77. The summed E-state index contributed by atoms with van der Waals surface area (Å²) in [6.45, 7) is 0. The lowest BCUT2D eigenvalue weighted by atomic mass is 10.2. The van der Waals surface area contributed by atoms with E-state index < -0.39 is 23.3 Å². The molecule has 1 aromatic carbocycles. The molecule has 0 radical (unpaired) electrons. The Balaban J connectivity index is 2.28. The van der Waals surface area contributed by atoms with Crippen molar-refractivity contribution in [2.24, 2.45) is 0 Å². The predicted octanol–water partition coefficient (Wildman–Crippen LogP) is 3.67. The SMILES string of the molecule is O=C(Nc1cc(C(F)(F)F)ccc1Br)c1ccc(=O)oc1. The molecule has 0 aliphatic heterocycles. The van der Waals surface area contributed by atoms with Crippen molar-refractivity contribution in [2.45, 2.75) is 6.18 Å². The molecule has 0 bridgehead atoms. The van der Waals surface area contributed by atoms with Crippen LogP contribution < -0.4 is 10.9 Å². The fraction of sp³-hybridized carbons (Fsp3) is 0.0769. The minimum Gasteiger partial charge on any atom is -0.430 e. The molecule has 0 spiro atoms. The third-order valence-electron chi connectivity index (χ3n) is 2.51. The van der Waals surface area contributed by atoms with Crippen LogP contribution in [-0.2, 0) is 6.18 Å². The second-order valence-corrected chi connectivity index (χ2v) is 4.84. The van der Waals surface area contributed by atoms with E-state index in [1.54, 1.807) is 0 Å². The third-order valence-corrected chi connectivity index (χ3v) is 3.20. The Hall–Kier alpha value is -2.09. The zero-order chi connectivity index (χ0) is 15.6. The Labute approximate surface area is 124 Å².